The van der Waals surface area contributed by atoms with Gasteiger partial charge in [0.05, 0.1) is 11.4 Å². The van der Waals surface area contributed by atoms with Crippen molar-refractivity contribution in [3.05, 3.63) is 95.2 Å². The number of anilines is 2. The zero-order valence-electron chi connectivity index (χ0n) is 19.0. The van der Waals surface area contributed by atoms with E-state index >= 15 is 4.39 Å². The van der Waals surface area contributed by atoms with E-state index < -0.39 is 17.3 Å². The lowest BCUT2D eigenvalue weighted by Crippen LogP contribution is -2.42. The number of hydrogen-bond donors (Lipinski definition) is 4. The number of halogens is 1. The van der Waals surface area contributed by atoms with Gasteiger partial charge in [0.15, 0.2) is 11.4 Å². The molecule has 2 aromatic carbocycles. The van der Waals surface area contributed by atoms with Crippen LogP contribution in [0.25, 0.3) is 16.9 Å². The molecule has 3 heterocycles. The summed E-state index contributed by atoms with van der Waals surface area (Å²) in [4.78, 5) is 21.5. The fraction of sp³-hybridized carbons (Fsp3) is 0.120. The number of rotatable bonds is 6. The SMILES string of the molecule is Cc1cn2c(Nc3cc(C)[nH]n3)nc(-c3cc(C(O)(C(N)=O)c4ccccc4)ccc3F)cc2n1. The Morgan fingerprint density at radius 1 is 1.09 bits per heavy atom. The predicted octanol–water partition coefficient (Wildman–Crippen LogP) is 3.34. The van der Waals surface area contributed by atoms with Crippen molar-refractivity contribution in [2.75, 3.05) is 5.32 Å². The fourth-order valence-electron chi connectivity index (χ4n) is 4.01. The van der Waals surface area contributed by atoms with Crippen LogP contribution in [-0.2, 0) is 10.4 Å². The Hall–Kier alpha value is -4.57. The highest BCUT2D eigenvalue weighted by atomic mass is 19.1. The number of benzene rings is 2. The normalized spacial score (nSPS) is 13.0. The van der Waals surface area contributed by atoms with Gasteiger partial charge in [0.1, 0.15) is 11.5 Å². The van der Waals surface area contributed by atoms with Crippen LogP contribution in [0.15, 0.2) is 66.9 Å². The van der Waals surface area contributed by atoms with Gasteiger partial charge in [-0.3, -0.25) is 14.3 Å². The monoisotopic (exact) mass is 471 g/mol. The average molecular weight is 471 g/mol. The second kappa shape index (κ2) is 8.33. The van der Waals surface area contributed by atoms with Gasteiger partial charge in [-0.05, 0) is 37.1 Å². The van der Waals surface area contributed by atoms with Crippen molar-refractivity contribution >= 4 is 23.3 Å². The minimum absolute atomic E-state index is 0.0718. The van der Waals surface area contributed by atoms with Gasteiger partial charge >= 0.3 is 0 Å². The lowest BCUT2D eigenvalue weighted by atomic mass is 9.84. The largest absolute Gasteiger partial charge is 0.372 e. The molecule has 35 heavy (non-hydrogen) atoms. The first-order valence-corrected chi connectivity index (χ1v) is 10.8. The summed E-state index contributed by atoms with van der Waals surface area (Å²) < 4.78 is 16.8. The van der Waals surface area contributed by atoms with E-state index in [1.807, 2.05) is 13.8 Å². The Kier molecular flexibility index (Phi) is 5.29. The number of amides is 1. The van der Waals surface area contributed by atoms with E-state index in [1.54, 1.807) is 53.1 Å². The third kappa shape index (κ3) is 3.89. The zero-order chi connectivity index (χ0) is 24.7. The van der Waals surface area contributed by atoms with Gasteiger partial charge in [0, 0.05) is 29.6 Å². The number of nitrogens with zero attached hydrogens (tertiary/aromatic N) is 4. The highest BCUT2D eigenvalue weighted by molar-refractivity contribution is 5.89. The van der Waals surface area contributed by atoms with E-state index in [0.29, 0.717) is 17.4 Å². The molecule has 0 spiro atoms. The molecule has 0 aliphatic rings. The fourth-order valence-corrected chi connectivity index (χ4v) is 4.01. The molecule has 0 radical (unpaired) electrons. The first-order valence-electron chi connectivity index (χ1n) is 10.8. The van der Waals surface area contributed by atoms with E-state index in [9.17, 15) is 9.90 Å². The third-order valence-electron chi connectivity index (χ3n) is 5.73. The number of carbonyl (C=O) groups is 1. The highest BCUT2D eigenvalue weighted by Gasteiger charge is 2.38. The highest BCUT2D eigenvalue weighted by Crippen LogP contribution is 2.34. The number of aliphatic hydroxyl groups is 1. The molecule has 0 saturated carbocycles. The maximum Gasteiger partial charge on any atom is 0.258 e. The number of nitrogens with two attached hydrogens (primary N) is 1. The number of hydrogen-bond acceptors (Lipinski definition) is 6. The van der Waals surface area contributed by atoms with Gasteiger partial charge < -0.3 is 16.2 Å². The molecule has 5 aromatic rings. The minimum Gasteiger partial charge on any atom is -0.372 e. The molecule has 1 amide bonds. The second-order valence-corrected chi connectivity index (χ2v) is 8.27. The number of imidazole rings is 1. The summed E-state index contributed by atoms with van der Waals surface area (Å²) in [6.45, 7) is 3.70. The first-order chi connectivity index (χ1) is 16.8. The number of carbonyl (C=O) groups excluding carboxylic acids is 1. The van der Waals surface area contributed by atoms with Gasteiger partial charge in [0.2, 0.25) is 5.95 Å². The van der Waals surface area contributed by atoms with Crippen LogP contribution in [0.1, 0.15) is 22.5 Å². The number of nitrogens with one attached hydrogen (secondary N) is 2. The molecule has 5 rings (SSSR count). The molecule has 1 atom stereocenters. The molecule has 3 aromatic heterocycles. The molecule has 10 heteroatoms. The van der Waals surface area contributed by atoms with Crippen molar-refractivity contribution in [3.63, 3.8) is 0 Å². The van der Waals surface area contributed by atoms with Crippen molar-refractivity contribution in [2.24, 2.45) is 5.73 Å². The van der Waals surface area contributed by atoms with Crippen LogP contribution in [0.2, 0.25) is 0 Å². The molecule has 0 fully saturated rings. The summed E-state index contributed by atoms with van der Waals surface area (Å²) >= 11 is 0. The number of primary amides is 1. The molecule has 0 saturated heterocycles. The van der Waals surface area contributed by atoms with Crippen LogP contribution in [0.5, 0.6) is 0 Å². The summed E-state index contributed by atoms with van der Waals surface area (Å²) in [7, 11) is 0. The summed E-state index contributed by atoms with van der Waals surface area (Å²) in [5, 5.41) is 21.5. The molecule has 0 aliphatic heterocycles. The number of H-pyrrole nitrogens is 1. The van der Waals surface area contributed by atoms with E-state index in [1.165, 1.54) is 18.2 Å². The lowest BCUT2D eigenvalue weighted by molar-refractivity contribution is -0.133. The van der Waals surface area contributed by atoms with E-state index in [2.05, 4.69) is 25.5 Å². The van der Waals surface area contributed by atoms with Crippen molar-refractivity contribution < 1.29 is 14.3 Å². The second-order valence-electron chi connectivity index (χ2n) is 8.27. The van der Waals surface area contributed by atoms with Crippen LogP contribution in [0.3, 0.4) is 0 Å². The van der Waals surface area contributed by atoms with Crippen LogP contribution in [-0.4, -0.2) is 35.6 Å². The summed E-state index contributed by atoms with van der Waals surface area (Å²) in [5.41, 5.74) is 6.29. The van der Waals surface area contributed by atoms with E-state index in [4.69, 9.17) is 5.73 Å². The van der Waals surface area contributed by atoms with Crippen LogP contribution in [0.4, 0.5) is 16.2 Å². The molecule has 0 aliphatic carbocycles. The number of aryl methyl sites for hydroxylation is 2. The van der Waals surface area contributed by atoms with Gasteiger partial charge in [-0.1, -0.05) is 36.4 Å². The predicted molar refractivity (Wildman–Crippen MR) is 128 cm³/mol. The Labute approximate surface area is 199 Å². The maximum atomic E-state index is 15.1. The Morgan fingerprint density at radius 3 is 2.54 bits per heavy atom. The quantitative estimate of drug-likeness (QED) is 0.300. The van der Waals surface area contributed by atoms with Gasteiger partial charge in [0.25, 0.3) is 5.91 Å². The standard InChI is InChI=1S/C25H22FN7O2/c1-14-10-21(32-31-14)30-24-29-20(12-22-28-15(2)13-33(22)24)18-11-17(8-9-19(18)26)25(35,23(27)34)16-6-4-3-5-7-16/h3-13,35H,1-2H3,(H2,27,34)(H2,29,30,31,32). The molecule has 5 N–H and O–H groups in total. The average Bonchev–Trinajstić information content (AvgIpc) is 3.43. The molecular formula is C25H22FN7O2. The lowest BCUT2D eigenvalue weighted by Gasteiger charge is -2.26. The molecule has 9 nitrogen and oxygen atoms in total. The summed E-state index contributed by atoms with van der Waals surface area (Å²) in [6.07, 6.45) is 1.79. The number of aromatic amines is 1. The van der Waals surface area contributed by atoms with Gasteiger partial charge in [-0.25, -0.2) is 14.4 Å². The van der Waals surface area contributed by atoms with Gasteiger partial charge in [-0.2, -0.15) is 5.10 Å². The third-order valence-corrected chi connectivity index (χ3v) is 5.73. The smallest absolute Gasteiger partial charge is 0.258 e. The minimum atomic E-state index is -2.16. The Balaban J connectivity index is 1.67. The summed E-state index contributed by atoms with van der Waals surface area (Å²) in [6, 6.07) is 15.6. The van der Waals surface area contributed by atoms with Gasteiger partial charge in [-0.15, -0.1) is 0 Å². The molecule has 0 bridgehead atoms. The van der Waals surface area contributed by atoms with Crippen molar-refractivity contribution in [1.82, 2.24) is 24.6 Å². The zero-order valence-corrected chi connectivity index (χ0v) is 19.0. The summed E-state index contributed by atoms with van der Waals surface area (Å²) in [5.74, 6) is -0.677. The number of fused-ring (bicyclic) bond motifs is 1. The molecular weight excluding hydrogens is 449 g/mol. The van der Waals surface area contributed by atoms with E-state index in [-0.39, 0.29) is 22.4 Å². The van der Waals surface area contributed by atoms with E-state index in [0.717, 1.165) is 11.4 Å². The first kappa shape index (κ1) is 22.2. The van der Waals surface area contributed by atoms with Crippen molar-refractivity contribution in [1.29, 1.82) is 0 Å². The topological polar surface area (TPSA) is 134 Å². The Morgan fingerprint density at radius 2 is 1.86 bits per heavy atom. The number of aromatic nitrogens is 5. The molecule has 1 unspecified atom stereocenters. The van der Waals surface area contributed by atoms with Crippen LogP contribution >= 0.6 is 0 Å². The van der Waals surface area contributed by atoms with Crippen LogP contribution in [0, 0.1) is 19.7 Å². The van der Waals surface area contributed by atoms with Crippen molar-refractivity contribution in [3.8, 4) is 11.3 Å². The molecule has 176 valence electrons. The maximum absolute atomic E-state index is 15.1. The van der Waals surface area contributed by atoms with Crippen LogP contribution < -0.4 is 11.1 Å². The Bertz CT molecular complexity index is 1560. The van der Waals surface area contributed by atoms with Crippen molar-refractivity contribution in [2.45, 2.75) is 19.4 Å².